The Labute approximate surface area is 215 Å². The van der Waals surface area contributed by atoms with Crippen molar-refractivity contribution >= 4 is 40.1 Å². The lowest BCUT2D eigenvalue weighted by atomic mass is 9.98. The van der Waals surface area contributed by atoms with E-state index in [1.54, 1.807) is 0 Å². The SMILES string of the molecule is Cc1ccc([C@H]2CC(c3ccccc3)=NN2C2=NC(=O)[C@H](CC(=O)Nc3cc(C)cc(C)c3)S2)cc1. The number of nitrogens with zero attached hydrogens (tertiary/aromatic N) is 3. The average Bonchev–Trinajstić information content (AvgIpc) is 3.43. The second-order valence-corrected chi connectivity index (χ2v) is 10.5. The third-order valence-corrected chi connectivity index (χ3v) is 7.42. The Bertz CT molecular complexity index is 1350. The van der Waals surface area contributed by atoms with Crippen molar-refractivity contribution in [2.75, 3.05) is 5.32 Å². The minimum Gasteiger partial charge on any atom is -0.326 e. The lowest BCUT2D eigenvalue weighted by Crippen LogP contribution is -2.25. The van der Waals surface area contributed by atoms with Crippen LogP contribution >= 0.6 is 11.8 Å². The van der Waals surface area contributed by atoms with Crippen LogP contribution in [0, 0.1) is 20.8 Å². The monoisotopic (exact) mass is 496 g/mol. The van der Waals surface area contributed by atoms with Crippen LogP contribution in [0.15, 0.2) is 82.9 Å². The maximum absolute atomic E-state index is 12.8. The molecule has 0 unspecified atom stereocenters. The number of aryl methyl sites for hydroxylation is 3. The van der Waals surface area contributed by atoms with Gasteiger partial charge in [-0.15, -0.1) is 0 Å². The van der Waals surface area contributed by atoms with Gasteiger partial charge in [0.05, 0.1) is 11.8 Å². The average molecular weight is 497 g/mol. The van der Waals surface area contributed by atoms with Crippen LogP contribution in [-0.4, -0.2) is 33.0 Å². The molecule has 1 N–H and O–H groups in total. The van der Waals surface area contributed by atoms with E-state index in [2.05, 4.69) is 47.6 Å². The molecule has 0 saturated carbocycles. The molecule has 0 saturated heterocycles. The van der Waals surface area contributed by atoms with Crippen LogP contribution in [0.1, 0.15) is 46.7 Å². The largest absolute Gasteiger partial charge is 0.326 e. The summed E-state index contributed by atoms with van der Waals surface area (Å²) in [7, 11) is 0. The number of thioether (sulfide) groups is 1. The summed E-state index contributed by atoms with van der Waals surface area (Å²) >= 11 is 1.32. The predicted octanol–water partition coefficient (Wildman–Crippen LogP) is 5.79. The van der Waals surface area contributed by atoms with E-state index in [0.29, 0.717) is 11.6 Å². The van der Waals surface area contributed by atoms with E-state index >= 15 is 0 Å². The summed E-state index contributed by atoms with van der Waals surface area (Å²) < 4.78 is 0. The smallest absolute Gasteiger partial charge is 0.262 e. The van der Waals surface area contributed by atoms with Crippen LogP contribution in [0.2, 0.25) is 0 Å². The highest BCUT2D eigenvalue weighted by atomic mass is 32.2. The van der Waals surface area contributed by atoms with Crippen molar-refractivity contribution in [3.8, 4) is 0 Å². The zero-order chi connectivity index (χ0) is 25.2. The number of aliphatic imine (C=N–C) groups is 1. The Morgan fingerprint density at radius 3 is 2.36 bits per heavy atom. The van der Waals surface area contributed by atoms with Crippen LogP contribution in [0.4, 0.5) is 5.69 Å². The van der Waals surface area contributed by atoms with Crippen molar-refractivity contribution in [3.63, 3.8) is 0 Å². The number of carbonyl (C=O) groups excluding carboxylic acids is 2. The molecule has 0 aliphatic carbocycles. The zero-order valence-electron chi connectivity index (χ0n) is 20.6. The number of nitrogens with one attached hydrogen (secondary N) is 1. The molecule has 6 nitrogen and oxygen atoms in total. The van der Waals surface area contributed by atoms with E-state index in [9.17, 15) is 9.59 Å². The molecule has 0 fully saturated rings. The molecule has 0 aromatic heterocycles. The van der Waals surface area contributed by atoms with Crippen molar-refractivity contribution < 1.29 is 9.59 Å². The fourth-order valence-corrected chi connectivity index (χ4v) is 5.63. The Balaban J connectivity index is 1.34. The number of carbonyl (C=O) groups is 2. The van der Waals surface area contributed by atoms with E-state index in [0.717, 1.165) is 33.7 Å². The van der Waals surface area contributed by atoms with Crippen molar-refractivity contribution in [3.05, 3.63) is 101 Å². The Hall–Kier alpha value is -3.71. The number of benzene rings is 3. The van der Waals surface area contributed by atoms with Gasteiger partial charge in [0.25, 0.3) is 5.91 Å². The molecule has 2 atom stereocenters. The summed E-state index contributed by atoms with van der Waals surface area (Å²) in [6.07, 6.45) is 0.764. The summed E-state index contributed by atoms with van der Waals surface area (Å²) in [5.41, 5.74) is 7.19. The molecule has 3 aromatic rings. The first-order chi connectivity index (χ1) is 17.4. The fraction of sp³-hybridized carbons (Fsp3) is 0.241. The molecule has 2 aliphatic heterocycles. The van der Waals surface area contributed by atoms with Gasteiger partial charge in [0, 0.05) is 18.5 Å². The van der Waals surface area contributed by atoms with Crippen molar-refractivity contribution in [2.45, 2.75) is 44.9 Å². The van der Waals surface area contributed by atoms with E-state index < -0.39 is 5.25 Å². The van der Waals surface area contributed by atoms with Crippen molar-refractivity contribution in [2.24, 2.45) is 10.1 Å². The second kappa shape index (κ2) is 10.1. The maximum Gasteiger partial charge on any atom is 0.262 e. The van der Waals surface area contributed by atoms with Crippen LogP contribution in [0.5, 0.6) is 0 Å². The number of hydrazone groups is 1. The van der Waals surface area contributed by atoms with Gasteiger partial charge in [-0.3, -0.25) is 9.59 Å². The summed E-state index contributed by atoms with van der Waals surface area (Å²) in [5.74, 6) is -0.496. The van der Waals surface area contributed by atoms with Gasteiger partial charge in [-0.25, -0.2) is 5.01 Å². The fourth-order valence-electron chi connectivity index (χ4n) is 4.57. The molecule has 0 bridgehead atoms. The van der Waals surface area contributed by atoms with E-state index in [-0.39, 0.29) is 24.3 Å². The third kappa shape index (κ3) is 5.26. The molecule has 182 valence electrons. The van der Waals surface area contributed by atoms with Crippen molar-refractivity contribution in [1.29, 1.82) is 0 Å². The van der Waals surface area contributed by atoms with Gasteiger partial charge in [0.2, 0.25) is 5.91 Å². The molecular weight excluding hydrogens is 468 g/mol. The first-order valence-electron chi connectivity index (χ1n) is 12.0. The number of amides is 2. The number of hydrogen-bond acceptors (Lipinski definition) is 5. The maximum atomic E-state index is 12.8. The van der Waals surface area contributed by atoms with Crippen molar-refractivity contribution in [1.82, 2.24) is 5.01 Å². The molecule has 2 amide bonds. The highest BCUT2D eigenvalue weighted by molar-refractivity contribution is 8.15. The van der Waals surface area contributed by atoms with Gasteiger partial charge in [-0.1, -0.05) is 78.0 Å². The first kappa shape index (κ1) is 24.0. The molecule has 7 heteroatoms. The highest BCUT2D eigenvalue weighted by Gasteiger charge is 2.39. The van der Waals surface area contributed by atoms with Crippen LogP contribution < -0.4 is 5.32 Å². The van der Waals surface area contributed by atoms with Gasteiger partial charge < -0.3 is 5.32 Å². The summed E-state index contributed by atoms with van der Waals surface area (Å²) in [6, 6.07) is 24.3. The van der Waals surface area contributed by atoms with Gasteiger partial charge in [-0.05, 0) is 55.2 Å². The molecule has 5 rings (SSSR count). The Kier molecular flexibility index (Phi) is 6.74. The third-order valence-electron chi connectivity index (χ3n) is 6.28. The van der Waals surface area contributed by atoms with Crippen LogP contribution in [0.3, 0.4) is 0 Å². The summed E-state index contributed by atoms with van der Waals surface area (Å²) in [6.45, 7) is 6.04. The van der Waals surface area contributed by atoms with Crippen LogP contribution in [0.25, 0.3) is 0 Å². The normalized spacial score (nSPS) is 19.3. The zero-order valence-corrected chi connectivity index (χ0v) is 21.4. The van der Waals surface area contributed by atoms with Crippen LogP contribution in [-0.2, 0) is 9.59 Å². The summed E-state index contributed by atoms with van der Waals surface area (Å²) in [4.78, 5) is 29.9. The van der Waals surface area contributed by atoms with Gasteiger partial charge in [0.15, 0.2) is 5.17 Å². The van der Waals surface area contributed by atoms with Gasteiger partial charge >= 0.3 is 0 Å². The first-order valence-corrected chi connectivity index (χ1v) is 12.9. The van der Waals surface area contributed by atoms with Gasteiger partial charge in [0.1, 0.15) is 5.25 Å². The quantitative estimate of drug-likeness (QED) is 0.485. The number of rotatable bonds is 5. The molecule has 0 radical (unpaired) electrons. The number of amidine groups is 1. The van der Waals surface area contributed by atoms with Gasteiger partial charge in [-0.2, -0.15) is 10.1 Å². The molecular formula is C29H28N4O2S. The topological polar surface area (TPSA) is 74.1 Å². The lowest BCUT2D eigenvalue weighted by molar-refractivity contribution is -0.121. The summed E-state index contributed by atoms with van der Waals surface area (Å²) in [5, 5.41) is 9.66. The molecule has 2 aliphatic rings. The number of anilines is 1. The second-order valence-electron chi connectivity index (χ2n) is 9.36. The molecule has 3 aromatic carbocycles. The molecule has 0 spiro atoms. The number of hydrogen-bond donors (Lipinski definition) is 1. The van der Waals surface area contributed by atoms with E-state index in [4.69, 9.17) is 5.10 Å². The Morgan fingerprint density at radius 1 is 0.972 bits per heavy atom. The Morgan fingerprint density at radius 2 is 1.67 bits per heavy atom. The minimum absolute atomic E-state index is 0.0573. The molecule has 2 heterocycles. The minimum atomic E-state index is -0.569. The molecule has 36 heavy (non-hydrogen) atoms. The standard InChI is InChI=1S/C29H28N4O2S/c1-18-9-11-22(12-10-18)25-16-24(21-7-5-4-6-8-21)32-33(25)29-31-28(35)26(36-29)17-27(34)30-23-14-19(2)13-20(3)15-23/h4-15,25-26H,16-17H2,1-3H3,(H,30,34)/t25-,26+/m1/s1. The lowest BCUT2D eigenvalue weighted by Gasteiger charge is -2.23. The highest BCUT2D eigenvalue weighted by Crippen LogP contribution is 2.38. The predicted molar refractivity (Wildman–Crippen MR) is 146 cm³/mol. The van der Waals surface area contributed by atoms with E-state index in [1.165, 1.54) is 17.3 Å². The van der Waals surface area contributed by atoms with E-state index in [1.807, 2.05) is 61.3 Å².